The van der Waals surface area contributed by atoms with E-state index in [1.807, 2.05) is 6.92 Å². The average Bonchev–Trinajstić information content (AvgIpc) is 3.49. The fourth-order valence-electron chi connectivity index (χ4n) is 3.69. The van der Waals surface area contributed by atoms with Crippen LogP contribution in [0.15, 0.2) is 42.7 Å². The fourth-order valence-corrected chi connectivity index (χ4v) is 3.69. The topological polar surface area (TPSA) is 74.9 Å². The van der Waals surface area contributed by atoms with Crippen molar-refractivity contribution in [1.29, 1.82) is 0 Å². The Balaban J connectivity index is 1.79. The van der Waals surface area contributed by atoms with Gasteiger partial charge < -0.3 is 14.4 Å². The molecular formula is C22H22FN3O3. The highest BCUT2D eigenvalue weighted by atomic mass is 19.1. The van der Waals surface area contributed by atoms with Gasteiger partial charge in [0.05, 0.1) is 6.42 Å². The Hall–Kier alpha value is -3.22. The highest BCUT2D eigenvalue weighted by Crippen LogP contribution is 2.34. The number of amides is 1. The van der Waals surface area contributed by atoms with Crippen molar-refractivity contribution < 1.29 is 19.1 Å². The Labute approximate surface area is 167 Å². The number of aromatic nitrogens is 2. The summed E-state index contributed by atoms with van der Waals surface area (Å²) in [6.45, 7) is 2.77. The molecule has 1 amide bonds. The first-order chi connectivity index (χ1) is 14.0. The molecule has 2 aromatic heterocycles. The van der Waals surface area contributed by atoms with Crippen LogP contribution in [0.4, 0.5) is 4.39 Å². The number of hydrogen-bond acceptors (Lipinski definition) is 3. The summed E-state index contributed by atoms with van der Waals surface area (Å²) in [5, 5.41) is 9.24. The van der Waals surface area contributed by atoms with Gasteiger partial charge in [0.15, 0.2) is 0 Å². The summed E-state index contributed by atoms with van der Waals surface area (Å²) >= 11 is 0. The van der Waals surface area contributed by atoms with Gasteiger partial charge in [0.25, 0.3) is 0 Å². The molecule has 1 aromatic carbocycles. The van der Waals surface area contributed by atoms with Crippen molar-refractivity contribution in [2.24, 2.45) is 5.92 Å². The van der Waals surface area contributed by atoms with E-state index in [1.165, 1.54) is 12.1 Å². The first-order valence-corrected chi connectivity index (χ1v) is 9.72. The third-order valence-corrected chi connectivity index (χ3v) is 5.28. The summed E-state index contributed by atoms with van der Waals surface area (Å²) in [6.07, 6.45) is 5.09. The second kappa shape index (κ2) is 7.66. The number of hydrogen-bond donors (Lipinski definition) is 1. The van der Waals surface area contributed by atoms with E-state index in [1.54, 1.807) is 39.9 Å². The first kappa shape index (κ1) is 19.1. The zero-order valence-corrected chi connectivity index (χ0v) is 16.1. The Bertz CT molecular complexity index is 1090. The van der Waals surface area contributed by atoms with Gasteiger partial charge in [-0.2, -0.15) is 0 Å². The summed E-state index contributed by atoms with van der Waals surface area (Å²) in [6, 6.07) is 8.02. The van der Waals surface area contributed by atoms with Crippen LogP contribution in [0, 0.1) is 11.7 Å². The van der Waals surface area contributed by atoms with Crippen LogP contribution in [0.25, 0.3) is 16.8 Å². The lowest BCUT2D eigenvalue weighted by atomic mass is 10.00. The SMILES string of the molecule is CCN(Cc1cc(F)ccc1-c1cc(CC(=O)O)n2cccnc12)C(=O)C1CC1. The highest BCUT2D eigenvalue weighted by Gasteiger charge is 2.33. The number of carbonyl (C=O) groups is 2. The molecule has 1 saturated carbocycles. The van der Waals surface area contributed by atoms with Crippen LogP contribution in [0.3, 0.4) is 0 Å². The minimum atomic E-state index is -0.939. The Morgan fingerprint density at radius 2 is 2.07 bits per heavy atom. The number of carboxylic acids is 1. The van der Waals surface area contributed by atoms with Crippen LogP contribution in [0.2, 0.25) is 0 Å². The third-order valence-electron chi connectivity index (χ3n) is 5.28. The maximum Gasteiger partial charge on any atom is 0.309 e. The number of halogens is 1. The molecule has 7 heteroatoms. The number of benzene rings is 1. The van der Waals surface area contributed by atoms with Crippen molar-refractivity contribution >= 4 is 17.5 Å². The summed E-state index contributed by atoms with van der Waals surface area (Å²) in [7, 11) is 0. The van der Waals surface area contributed by atoms with Crippen molar-refractivity contribution in [3.8, 4) is 11.1 Å². The predicted molar refractivity (Wildman–Crippen MR) is 106 cm³/mol. The Morgan fingerprint density at radius 1 is 1.28 bits per heavy atom. The van der Waals surface area contributed by atoms with E-state index in [-0.39, 0.29) is 24.1 Å². The lowest BCUT2D eigenvalue weighted by Gasteiger charge is -2.22. The van der Waals surface area contributed by atoms with Crippen LogP contribution in [-0.4, -0.2) is 37.8 Å². The van der Waals surface area contributed by atoms with Crippen LogP contribution >= 0.6 is 0 Å². The Morgan fingerprint density at radius 3 is 2.76 bits per heavy atom. The number of carboxylic acid groups (broad SMARTS) is 1. The van der Waals surface area contributed by atoms with Crippen LogP contribution < -0.4 is 0 Å². The van der Waals surface area contributed by atoms with Gasteiger partial charge in [0.2, 0.25) is 5.91 Å². The van der Waals surface area contributed by atoms with Gasteiger partial charge in [-0.05, 0) is 55.2 Å². The lowest BCUT2D eigenvalue weighted by Crippen LogP contribution is -2.31. The molecule has 1 aliphatic carbocycles. The number of aliphatic carboxylic acids is 1. The van der Waals surface area contributed by atoms with E-state index in [2.05, 4.69) is 4.98 Å². The fraction of sp³-hybridized carbons (Fsp3) is 0.318. The lowest BCUT2D eigenvalue weighted by molar-refractivity contribution is -0.136. The van der Waals surface area contributed by atoms with E-state index in [9.17, 15) is 19.1 Å². The standard InChI is InChI=1S/C22H22FN3O3/c1-2-25(22(29)14-4-5-14)13-15-10-16(23)6-7-18(15)19-11-17(12-20(27)28)26-9-3-8-24-21(19)26/h3,6-11,14H,2,4-5,12-13H2,1H3,(H,27,28). The van der Waals surface area contributed by atoms with E-state index in [0.29, 0.717) is 30.0 Å². The average molecular weight is 395 g/mol. The molecule has 4 rings (SSSR count). The summed E-state index contributed by atoms with van der Waals surface area (Å²) in [5.74, 6) is -1.12. The van der Waals surface area contributed by atoms with E-state index in [0.717, 1.165) is 24.0 Å². The molecule has 6 nitrogen and oxygen atoms in total. The molecule has 0 aliphatic heterocycles. The van der Waals surface area contributed by atoms with Crippen LogP contribution in [-0.2, 0) is 22.6 Å². The number of fused-ring (bicyclic) bond motifs is 1. The largest absolute Gasteiger partial charge is 0.481 e. The quantitative estimate of drug-likeness (QED) is 0.664. The number of carbonyl (C=O) groups excluding carboxylic acids is 1. The van der Waals surface area contributed by atoms with Crippen LogP contribution in [0.5, 0.6) is 0 Å². The molecule has 0 unspecified atom stereocenters. The summed E-state index contributed by atoms with van der Waals surface area (Å²) < 4.78 is 15.8. The first-order valence-electron chi connectivity index (χ1n) is 9.72. The molecule has 0 atom stereocenters. The highest BCUT2D eigenvalue weighted by molar-refractivity contribution is 5.84. The second-order valence-corrected chi connectivity index (χ2v) is 7.36. The molecule has 150 valence electrons. The zero-order valence-electron chi connectivity index (χ0n) is 16.1. The van der Waals surface area contributed by atoms with Crippen LogP contribution in [0.1, 0.15) is 31.0 Å². The van der Waals surface area contributed by atoms with Gasteiger partial charge in [-0.15, -0.1) is 0 Å². The molecule has 0 radical (unpaired) electrons. The molecule has 1 fully saturated rings. The number of rotatable bonds is 7. The molecule has 1 aliphatic rings. The van der Waals surface area contributed by atoms with E-state index < -0.39 is 5.97 Å². The van der Waals surface area contributed by atoms with Gasteiger partial charge in [-0.1, -0.05) is 6.07 Å². The maximum absolute atomic E-state index is 14.1. The van der Waals surface area contributed by atoms with Crippen molar-refractivity contribution in [2.45, 2.75) is 32.7 Å². The third kappa shape index (κ3) is 3.85. The van der Waals surface area contributed by atoms with E-state index >= 15 is 0 Å². The summed E-state index contributed by atoms with van der Waals surface area (Å²) in [4.78, 5) is 30.0. The van der Waals surface area contributed by atoms with Gasteiger partial charge in [0.1, 0.15) is 11.5 Å². The monoisotopic (exact) mass is 395 g/mol. The molecule has 2 heterocycles. The Kier molecular flexibility index (Phi) is 5.05. The molecule has 0 saturated heterocycles. The van der Waals surface area contributed by atoms with Crippen molar-refractivity contribution in [3.63, 3.8) is 0 Å². The van der Waals surface area contributed by atoms with E-state index in [4.69, 9.17) is 0 Å². The van der Waals surface area contributed by atoms with Gasteiger partial charge >= 0.3 is 5.97 Å². The normalized spacial score (nSPS) is 13.6. The maximum atomic E-state index is 14.1. The minimum absolute atomic E-state index is 0.0890. The number of nitrogens with zero attached hydrogens (tertiary/aromatic N) is 3. The molecule has 3 aromatic rings. The smallest absolute Gasteiger partial charge is 0.309 e. The molecule has 29 heavy (non-hydrogen) atoms. The molecule has 0 spiro atoms. The molecule has 0 bridgehead atoms. The van der Waals surface area contributed by atoms with Gasteiger partial charge in [-0.25, -0.2) is 9.37 Å². The molecular weight excluding hydrogens is 373 g/mol. The van der Waals surface area contributed by atoms with Gasteiger partial charge in [-0.3, -0.25) is 9.59 Å². The van der Waals surface area contributed by atoms with Crippen molar-refractivity contribution in [2.75, 3.05) is 6.54 Å². The zero-order chi connectivity index (χ0) is 20.5. The second-order valence-electron chi connectivity index (χ2n) is 7.36. The minimum Gasteiger partial charge on any atom is -0.481 e. The van der Waals surface area contributed by atoms with Gasteiger partial charge in [0, 0.05) is 42.7 Å². The summed E-state index contributed by atoms with van der Waals surface area (Å²) in [5.41, 5.74) is 3.36. The predicted octanol–water partition coefficient (Wildman–Crippen LogP) is 3.53. The van der Waals surface area contributed by atoms with Crippen molar-refractivity contribution in [3.05, 3.63) is 59.8 Å². The molecule has 1 N–H and O–H groups in total. The van der Waals surface area contributed by atoms with Crippen molar-refractivity contribution in [1.82, 2.24) is 14.3 Å².